The molecule has 2 rings (SSSR count). The zero-order chi connectivity index (χ0) is 18.6. The molecule has 0 saturated heterocycles. The number of carbonyl (C=O) groups is 2. The van der Waals surface area contributed by atoms with E-state index in [0.717, 1.165) is 6.07 Å². The molecule has 2 amide bonds. The summed E-state index contributed by atoms with van der Waals surface area (Å²) in [5.41, 5.74) is -0.590. The van der Waals surface area contributed by atoms with Crippen molar-refractivity contribution < 1.29 is 22.8 Å². The molecule has 0 saturated carbocycles. The molecule has 0 unspecified atom stereocenters. The average molecular weight is 391 g/mol. The first kappa shape index (κ1) is 19.1. The summed E-state index contributed by atoms with van der Waals surface area (Å²) in [5, 5.41) is 4.47. The molecule has 0 aliphatic rings. The summed E-state index contributed by atoms with van der Waals surface area (Å²) in [6.45, 7) is 0.0673. The third kappa shape index (κ3) is 5.37. The van der Waals surface area contributed by atoms with Crippen LogP contribution < -0.4 is 10.6 Å². The van der Waals surface area contributed by atoms with Crippen molar-refractivity contribution in [3.05, 3.63) is 63.6 Å². The minimum absolute atomic E-state index is 0.0673. The van der Waals surface area contributed by atoms with Crippen molar-refractivity contribution in [1.82, 2.24) is 5.32 Å². The van der Waals surface area contributed by atoms with Crippen LogP contribution in [-0.4, -0.2) is 11.8 Å². The number of anilines is 1. The normalized spacial score (nSPS) is 11.1. The highest BCUT2D eigenvalue weighted by Crippen LogP contribution is 2.36. The number of hydrogen-bond acceptors (Lipinski definition) is 2. The lowest BCUT2D eigenvalue weighted by Crippen LogP contribution is -2.35. The summed E-state index contributed by atoms with van der Waals surface area (Å²) in [4.78, 5) is 23.5. The first-order valence-corrected chi connectivity index (χ1v) is 7.63. The molecule has 0 atom stereocenters. The molecule has 0 aliphatic carbocycles. The van der Waals surface area contributed by atoms with E-state index in [-0.39, 0.29) is 12.2 Å². The fraction of sp³-hybridized carbons (Fsp3) is 0.125. The summed E-state index contributed by atoms with van der Waals surface area (Å²) in [6, 6.07) is 9.38. The van der Waals surface area contributed by atoms with E-state index in [0.29, 0.717) is 16.7 Å². The van der Waals surface area contributed by atoms with Crippen molar-refractivity contribution in [3.8, 4) is 0 Å². The number of hydrogen-bond donors (Lipinski definition) is 2. The zero-order valence-corrected chi connectivity index (χ0v) is 14.0. The molecule has 0 fully saturated rings. The molecule has 25 heavy (non-hydrogen) atoms. The Kier molecular flexibility index (Phi) is 5.92. The number of carbonyl (C=O) groups excluding carboxylic acids is 2. The molecular formula is C16H11Cl2F3N2O2. The fourth-order valence-corrected chi connectivity index (χ4v) is 2.22. The monoisotopic (exact) mass is 390 g/mol. The lowest BCUT2D eigenvalue weighted by Gasteiger charge is -2.11. The van der Waals surface area contributed by atoms with Crippen LogP contribution in [-0.2, 0) is 22.3 Å². The van der Waals surface area contributed by atoms with E-state index in [2.05, 4.69) is 10.6 Å². The van der Waals surface area contributed by atoms with Gasteiger partial charge in [0.05, 0.1) is 10.6 Å². The Morgan fingerprint density at radius 1 is 0.960 bits per heavy atom. The minimum atomic E-state index is -4.67. The Bertz CT molecular complexity index is 793. The molecule has 9 heteroatoms. The number of rotatable bonds is 3. The molecule has 0 aromatic heterocycles. The Morgan fingerprint density at radius 2 is 1.60 bits per heavy atom. The molecule has 0 spiro atoms. The van der Waals surface area contributed by atoms with E-state index in [4.69, 9.17) is 23.2 Å². The number of amides is 2. The first-order valence-electron chi connectivity index (χ1n) is 6.87. The van der Waals surface area contributed by atoms with Gasteiger partial charge in [0.15, 0.2) is 0 Å². The molecule has 2 aromatic rings. The van der Waals surface area contributed by atoms with Gasteiger partial charge in [0.1, 0.15) is 0 Å². The van der Waals surface area contributed by atoms with Crippen LogP contribution in [0, 0.1) is 0 Å². The molecule has 0 bridgehead atoms. The van der Waals surface area contributed by atoms with Gasteiger partial charge in [-0.05, 0) is 35.9 Å². The van der Waals surface area contributed by atoms with Crippen LogP contribution in [0.15, 0.2) is 42.5 Å². The van der Waals surface area contributed by atoms with Gasteiger partial charge in [0.2, 0.25) is 0 Å². The summed E-state index contributed by atoms with van der Waals surface area (Å²) >= 11 is 11.2. The van der Waals surface area contributed by atoms with Gasteiger partial charge in [-0.15, -0.1) is 0 Å². The minimum Gasteiger partial charge on any atom is -0.344 e. The van der Waals surface area contributed by atoms with Gasteiger partial charge >= 0.3 is 18.0 Å². The first-order chi connectivity index (χ1) is 11.7. The second-order valence-corrected chi connectivity index (χ2v) is 5.80. The van der Waals surface area contributed by atoms with Gasteiger partial charge in [-0.2, -0.15) is 13.2 Å². The van der Waals surface area contributed by atoms with Gasteiger partial charge in [-0.1, -0.05) is 35.3 Å². The van der Waals surface area contributed by atoms with Crippen molar-refractivity contribution in [2.24, 2.45) is 0 Å². The van der Waals surface area contributed by atoms with Crippen molar-refractivity contribution >= 4 is 40.7 Å². The summed E-state index contributed by atoms with van der Waals surface area (Å²) in [6.07, 6.45) is -4.67. The molecule has 0 heterocycles. The largest absolute Gasteiger partial charge is 0.417 e. The molecule has 2 N–H and O–H groups in total. The van der Waals surface area contributed by atoms with Gasteiger partial charge in [-0.25, -0.2) is 0 Å². The predicted octanol–water partition coefficient (Wildman–Crippen LogP) is 4.27. The maximum Gasteiger partial charge on any atom is 0.417 e. The Labute approximate surface area is 150 Å². The summed E-state index contributed by atoms with van der Waals surface area (Å²) in [5.74, 6) is -2.08. The zero-order valence-electron chi connectivity index (χ0n) is 12.5. The van der Waals surface area contributed by atoms with E-state index in [1.54, 1.807) is 24.3 Å². The van der Waals surface area contributed by atoms with Gasteiger partial charge in [-0.3, -0.25) is 9.59 Å². The molecule has 132 valence electrons. The van der Waals surface area contributed by atoms with Crippen LogP contribution in [0.5, 0.6) is 0 Å². The fourth-order valence-electron chi connectivity index (χ4n) is 1.87. The smallest absolute Gasteiger partial charge is 0.344 e. The maximum absolute atomic E-state index is 12.8. The van der Waals surface area contributed by atoms with Crippen LogP contribution in [0.1, 0.15) is 11.1 Å². The van der Waals surface area contributed by atoms with Crippen LogP contribution >= 0.6 is 23.2 Å². The molecular weight excluding hydrogens is 380 g/mol. The summed E-state index contributed by atoms with van der Waals surface area (Å²) < 4.78 is 38.3. The van der Waals surface area contributed by atoms with Crippen LogP contribution in [0.4, 0.5) is 18.9 Å². The Balaban J connectivity index is 1.99. The lowest BCUT2D eigenvalue weighted by molar-refractivity contribution is -0.137. The number of nitrogens with one attached hydrogen (secondary N) is 2. The van der Waals surface area contributed by atoms with E-state index in [9.17, 15) is 22.8 Å². The standard InChI is InChI=1S/C16H11Cl2F3N2O2/c17-10-3-1-9(2-4-10)8-22-14(24)15(25)23-11-5-6-13(18)12(7-11)16(19,20)21/h1-7H,8H2,(H,22,24)(H,23,25). The van der Waals surface area contributed by atoms with Gasteiger partial charge in [0.25, 0.3) is 0 Å². The topological polar surface area (TPSA) is 58.2 Å². The van der Waals surface area contributed by atoms with Crippen molar-refractivity contribution in [2.45, 2.75) is 12.7 Å². The van der Waals surface area contributed by atoms with E-state index in [1.807, 2.05) is 0 Å². The summed E-state index contributed by atoms with van der Waals surface area (Å²) in [7, 11) is 0. The van der Waals surface area contributed by atoms with Crippen LogP contribution in [0.3, 0.4) is 0 Å². The SMILES string of the molecule is O=C(NCc1ccc(Cl)cc1)C(=O)Nc1ccc(Cl)c(C(F)(F)F)c1. The number of alkyl halides is 3. The van der Waals surface area contributed by atoms with E-state index in [1.165, 1.54) is 6.07 Å². The molecule has 2 aromatic carbocycles. The van der Waals surface area contributed by atoms with Gasteiger partial charge < -0.3 is 10.6 Å². The van der Waals surface area contributed by atoms with E-state index >= 15 is 0 Å². The molecule has 0 radical (unpaired) electrons. The Hall–Kier alpha value is -2.25. The lowest BCUT2D eigenvalue weighted by atomic mass is 10.2. The second kappa shape index (κ2) is 7.76. The third-order valence-corrected chi connectivity index (χ3v) is 3.68. The highest BCUT2D eigenvalue weighted by atomic mass is 35.5. The molecule has 0 aliphatic heterocycles. The maximum atomic E-state index is 12.8. The highest BCUT2D eigenvalue weighted by Gasteiger charge is 2.33. The van der Waals surface area contributed by atoms with Crippen LogP contribution in [0.25, 0.3) is 0 Å². The average Bonchev–Trinajstić information content (AvgIpc) is 2.54. The quantitative estimate of drug-likeness (QED) is 0.768. The van der Waals surface area contributed by atoms with E-state index < -0.39 is 28.6 Å². The predicted molar refractivity (Wildman–Crippen MR) is 88.4 cm³/mol. The van der Waals surface area contributed by atoms with Crippen molar-refractivity contribution in [3.63, 3.8) is 0 Å². The second-order valence-electron chi connectivity index (χ2n) is 4.96. The number of halogens is 5. The number of benzene rings is 2. The Morgan fingerprint density at radius 3 is 2.20 bits per heavy atom. The third-order valence-electron chi connectivity index (χ3n) is 3.10. The van der Waals surface area contributed by atoms with Crippen molar-refractivity contribution in [1.29, 1.82) is 0 Å². The van der Waals surface area contributed by atoms with Gasteiger partial charge in [0, 0.05) is 17.3 Å². The van der Waals surface area contributed by atoms with Crippen molar-refractivity contribution in [2.75, 3.05) is 5.32 Å². The highest BCUT2D eigenvalue weighted by molar-refractivity contribution is 6.39. The van der Waals surface area contributed by atoms with Crippen LogP contribution in [0.2, 0.25) is 10.0 Å². The molecule has 4 nitrogen and oxygen atoms in total.